The van der Waals surface area contributed by atoms with Crippen LogP contribution in [0.5, 0.6) is 0 Å². The maximum atomic E-state index is 4.95. The summed E-state index contributed by atoms with van der Waals surface area (Å²) in [5.74, 6) is 0. The van der Waals surface area contributed by atoms with Gasteiger partial charge in [0.1, 0.15) is 0 Å². The minimum Gasteiger partial charge on any atom is -0.0903 e. The summed E-state index contributed by atoms with van der Waals surface area (Å²) >= 11 is 14.5. The lowest BCUT2D eigenvalue weighted by Crippen LogP contribution is -1.48. The molecule has 1 unspecified atom stereocenters. The number of hydrogen-bond acceptors (Lipinski definition) is 3. The molecule has 0 spiro atoms. The molecule has 46 valence electrons. The van der Waals surface area contributed by atoms with E-state index in [1.807, 2.05) is 6.92 Å². The van der Waals surface area contributed by atoms with E-state index in [1.54, 1.807) is 0 Å². The first-order chi connectivity index (χ1) is 3.55. The van der Waals surface area contributed by atoms with Gasteiger partial charge in [0.25, 0.3) is 0 Å². The van der Waals surface area contributed by atoms with Gasteiger partial charge in [0.15, 0.2) is 0 Å². The third kappa shape index (κ3) is 3.05. The van der Waals surface area contributed by atoms with Crippen LogP contribution < -0.4 is 0 Å². The Bertz CT molecular complexity index is 256. The lowest BCUT2D eigenvalue weighted by Gasteiger charge is -1.78. The van der Waals surface area contributed by atoms with Gasteiger partial charge in [-0.15, -0.1) is 0 Å². The predicted octanol–water partition coefficient (Wildman–Crippen LogP) is 1.92. The largest absolute Gasteiger partial charge is 0.0903 e. The van der Waals surface area contributed by atoms with Gasteiger partial charge >= 0.3 is 0 Å². The molecular weight excluding hydrogens is 195 g/mol. The monoisotopic (exact) mass is 200 g/mol. The molecule has 0 aliphatic carbocycles. The molecule has 0 saturated heterocycles. The van der Waals surface area contributed by atoms with Crippen LogP contribution in [0.3, 0.4) is 0 Å². The maximum Gasteiger partial charge on any atom is 0.0379 e. The zero-order valence-electron chi connectivity index (χ0n) is 4.29. The van der Waals surface area contributed by atoms with Crippen molar-refractivity contribution in [1.82, 2.24) is 0 Å². The van der Waals surface area contributed by atoms with E-state index < -0.39 is 12.7 Å². The molecule has 0 bridgehead atoms. The zero-order valence-corrected chi connectivity index (χ0v) is 8.45. The average Bonchev–Trinajstić information content (AvgIpc) is 1.64. The first-order valence-electron chi connectivity index (χ1n) is 1.78. The molecule has 0 heterocycles. The fourth-order valence-electron chi connectivity index (χ4n) is 0.127. The highest BCUT2D eigenvalue weighted by molar-refractivity contribution is 8.62. The van der Waals surface area contributed by atoms with Crippen LogP contribution in [0.4, 0.5) is 0 Å². The molecule has 0 radical (unpaired) electrons. The minimum absolute atomic E-state index is 0.444. The normalized spacial score (nSPS) is 10.4. The molecule has 0 fully saturated rings. The highest BCUT2D eigenvalue weighted by Crippen LogP contribution is 2.17. The summed E-state index contributed by atoms with van der Waals surface area (Å²) in [6.07, 6.45) is 0. The molecule has 1 atom stereocenters. The second kappa shape index (κ2) is 3.85. The summed E-state index contributed by atoms with van der Waals surface area (Å²) in [5.41, 5.74) is -0.652. The van der Waals surface area contributed by atoms with Crippen molar-refractivity contribution in [3.63, 3.8) is 0 Å². The van der Waals surface area contributed by atoms with Crippen molar-refractivity contribution in [1.29, 1.82) is 0 Å². The second-order valence-electron chi connectivity index (χ2n) is 1.21. The van der Waals surface area contributed by atoms with E-state index in [9.17, 15) is 0 Å². The third-order valence-electron chi connectivity index (χ3n) is 0.447. The Labute approximate surface area is 65.5 Å². The molecule has 0 aliphatic rings. The quantitative estimate of drug-likeness (QED) is 0.594. The van der Waals surface area contributed by atoms with E-state index in [-0.39, 0.29) is 0 Å². The van der Waals surface area contributed by atoms with Gasteiger partial charge in [-0.1, -0.05) is 6.58 Å². The summed E-state index contributed by atoms with van der Waals surface area (Å²) in [4.78, 5) is 0. The molecule has 0 amide bonds. The van der Waals surface area contributed by atoms with Gasteiger partial charge in [0.2, 0.25) is 0 Å². The molecule has 0 nitrogen and oxygen atoms in total. The Morgan fingerprint density at radius 1 is 1.62 bits per heavy atom. The standard InChI is InChI=1S/C3H5PS4/c1-3(2)4(5)8(6)7/h1H2,2H3. The van der Waals surface area contributed by atoms with Crippen molar-refractivity contribution in [2.45, 2.75) is 6.92 Å². The Morgan fingerprint density at radius 3 is 2.00 bits per heavy atom. The first kappa shape index (κ1) is 8.92. The van der Waals surface area contributed by atoms with Crippen LogP contribution in [0.25, 0.3) is 0 Å². The highest BCUT2D eigenvalue weighted by Gasteiger charge is 1.77. The minimum atomic E-state index is -0.652. The van der Waals surface area contributed by atoms with Gasteiger partial charge in [-0.05, 0) is 53.6 Å². The lowest BCUT2D eigenvalue weighted by atomic mass is 10.8. The van der Waals surface area contributed by atoms with E-state index in [4.69, 9.17) is 34.2 Å². The fourth-order valence-corrected chi connectivity index (χ4v) is 3.44. The number of allylic oxidation sites excluding steroid dienone is 1. The summed E-state index contributed by atoms with van der Waals surface area (Å²) < 4.78 is 0. The van der Waals surface area contributed by atoms with Crippen molar-refractivity contribution in [3.05, 3.63) is 11.9 Å². The van der Waals surface area contributed by atoms with Gasteiger partial charge in [0.05, 0.1) is 0 Å². The van der Waals surface area contributed by atoms with Crippen molar-refractivity contribution in [2.75, 3.05) is 0 Å². The van der Waals surface area contributed by atoms with Crippen molar-refractivity contribution in [2.24, 2.45) is 0 Å². The zero-order chi connectivity index (χ0) is 6.73. The van der Waals surface area contributed by atoms with Crippen molar-refractivity contribution in [3.8, 4) is 0 Å². The van der Waals surface area contributed by atoms with Crippen molar-refractivity contribution < 1.29 is 0 Å². The molecule has 0 aliphatic heterocycles. The smallest absolute Gasteiger partial charge is 0.0379 e. The van der Waals surface area contributed by atoms with E-state index in [0.29, 0.717) is 0 Å². The summed E-state index contributed by atoms with van der Waals surface area (Å²) in [7, 11) is -0.444. The van der Waals surface area contributed by atoms with E-state index in [2.05, 4.69) is 6.58 Å². The molecule has 0 aromatic rings. The average molecular weight is 200 g/mol. The highest BCUT2D eigenvalue weighted by atomic mass is 33.2. The van der Waals surface area contributed by atoms with Crippen LogP contribution in [-0.2, 0) is 41.4 Å². The molecule has 0 aromatic carbocycles. The molecule has 0 aromatic heterocycles. The van der Waals surface area contributed by atoms with Crippen LogP contribution >= 0.6 is 5.47 Å². The van der Waals surface area contributed by atoms with Crippen LogP contribution in [0.15, 0.2) is 11.9 Å². The Kier molecular flexibility index (Phi) is 4.30. The van der Waals surface area contributed by atoms with Gasteiger partial charge in [-0.25, -0.2) is 0 Å². The number of rotatable bonds is 1. The van der Waals surface area contributed by atoms with Crippen LogP contribution in [-0.4, -0.2) is 0 Å². The summed E-state index contributed by atoms with van der Waals surface area (Å²) in [5, 5.41) is 0.975. The van der Waals surface area contributed by atoms with Gasteiger partial charge in [-0.3, -0.25) is 0 Å². The summed E-state index contributed by atoms with van der Waals surface area (Å²) in [6.45, 7) is 5.56. The van der Waals surface area contributed by atoms with Crippen molar-refractivity contribution >= 4 is 46.8 Å². The van der Waals surface area contributed by atoms with E-state index >= 15 is 0 Å². The second-order valence-corrected chi connectivity index (χ2v) is 11.0. The maximum absolute atomic E-state index is 4.95. The molecule has 5 heteroatoms. The first-order valence-corrected chi connectivity index (χ1v) is 7.81. The molecule has 8 heavy (non-hydrogen) atoms. The Balaban J connectivity index is 5.13. The van der Waals surface area contributed by atoms with Crippen LogP contribution in [0.2, 0.25) is 0 Å². The van der Waals surface area contributed by atoms with Crippen LogP contribution in [0, 0.1) is 0 Å². The Hall–Kier alpha value is 0.920. The molecule has 0 saturated carbocycles. The molecule has 0 rings (SSSR count). The topological polar surface area (TPSA) is 0 Å². The Morgan fingerprint density at radius 2 is 2.00 bits per heavy atom. The molecule has 0 N–H and O–H groups in total. The number of hydrogen-bond donors (Lipinski definition) is 0. The van der Waals surface area contributed by atoms with E-state index in [1.165, 1.54) is 0 Å². The fraction of sp³-hybridized carbons (Fsp3) is 0.333. The molecular formula is C3H5PS4. The van der Waals surface area contributed by atoms with Gasteiger partial charge < -0.3 is 0 Å². The van der Waals surface area contributed by atoms with Gasteiger partial charge in [-0.2, -0.15) is 0 Å². The predicted molar refractivity (Wildman–Crippen MR) is 51.2 cm³/mol. The SMILES string of the molecule is C=C(C)P(=S)=S(=S)=S. The summed E-state index contributed by atoms with van der Waals surface area (Å²) in [6, 6.07) is 0. The lowest BCUT2D eigenvalue weighted by molar-refractivity contribution is 1.73. The third-order valence-corrected chi connectivity index (χ3v) is 9.75. The van der Waals surface area contributed by atoms with E-state index in [0.717, 1.165) is 5.31 Å². The van der Waals surface area contributed by atoms with Crippen LogP contribution in [0.1, 0.15) is 6.92 Å². The van der Waals surface area contributed by atoms with Gasteiger partial charge in [0, 0.05) is 5.47 Å².